The highest BCUT2D eigenvalue weighted by atomic mass is 35.5. The molecule has 2 N–H and O–H groups in total. The lowest BCUT2D eigenvalue weighted by atomic mass is 9.80. The van der Waals surface area contributed by atoms with E-state index in [4.69, 9.17) is 27.9 Å². The summed E-state index contributed by atoms with van der Waals surface area (Å²) in [6.07, 6.45) is 6.36. The smallest absolute Gasteiger partial charge is 0.328 e. The van der Waals surface area contributed by atoms with Crippen molar-refractivity contribution >= 4 is 56.5 Å². The fourth-order valence-electron chi connectivity index (χ4n) is 5.09. The third-order valence-corrected chi connectivity index (χ3v) is 8.84. The van der Waals surface area contributed by atoms with Crippen molar-refractivity contribution in [2.24, 2.45) is 5.41 Å². The third kappa shape index (κ3) is 8.94. The first kappa shape index (κ1) is 31.9. The van der Waals surface area contributed by atoms with E-state index in [1.54, 1.807) is 49.4 Å². The molecule has 40 heavy (non-hydrogen) atoms. The van der Waals surface area contributed by atoms with E-state index < -0.39 is 33.2 Å². The van der Waals surface area contributed by atoms with Crippen molar-refractivity contribution in [3.63, 3.8) is 0 Å². The van der Waals surface area contributed by atoms with E-state index in [0.29, 0.717) is 37.8 Å². The fourth-order valence-corrected chi connectivity index (χ4v) is 6.38. The summed E-state index contributed by atoms with van der Waals surface area (Å²) < 4.78 is 28.3. The second-order valence-corrected chi connectivity index (χ2v) is 13.4. The van der Waals surface area contributed by atoms with Crippen LogP contribution in [0, 0.1) is 5.41 Å². The largest absolute Gasteiger partial charge is 0.464 e. The number of amides is 2. The van der Waals surface area contributed by atoms with Crippen LogP contribution in [0.5, 0.6) is 0 Å². The molecule has 0 saturated heterocycles. The molecule has 3 rings (SSSR count). The van der Waals surface area contributed by atoms with Crippen molar-refractivity contribution < 1.29 is 27.5 Å². The van der Waals surface area contributed by atoms with E-state index in [1.807, 2.05) is 0 Å². The number of carbonyl (C=O) groups is 3. The molecule has 0 spiro atoms. The van der Waals surface area contributed by atoms with Gasteiger partial charge in [-0.1, -0.05) is 60.7 Å². The number of rotatable bonds is 13. The molecule has 1 fully saturated rings. The molecule has 1 unspecified atom stereocenters. The Labute approximate surface area is 246 Å². The molecule has 0 radical (unpaired) electrons. The molecule has 1 atom stereocenters. The summed E-state index contributed by atoms with van der Waals surface area (Å²) in [5, 5.41) is 6.19. The number of hydrogen-bond donors (Lipinski definition) is 2. The standard InChI is InChI=1S/C29H36Cl2N2O6S/c1-3-39-27(35)24(33-28(36)29(15-4-5-16-29)17-6-7-18-40(2,37)38)19-20-11-13-21(14-12-20)32-26(34)25-22(30)9-8-10-23(25)31/h8-14,24H,3-7,15-19H2,1-2H3,(H,32,34)(H,33,36). The number of benzene rings is 2. The van der Waals surface area contributed by atoms with Gasteiger partial charge in [-0.05, 0) is 62.4 Å². The molecule has 8 nitrogen and oxygen atoms in total. The predicted octanol–water partition coefficient (Wildman–Crippen LogP) is 5.61. The van der Waals surface area contributed by atoms with E-state index in [2.05, 4.69) is 10.6 Å². The summed E-state index contributed by atoms with van der Waals surface area (Å²) in [5.41, 5.74) is 0.842. The first-order valence-electron chi connectivity index (χ1n) is 13.4. The molecule has 2 aromatic rings. The van der Waals surface area contributed by atoms with E-state index in [9.17, 15) is 22.8 Å². The molecule has 1 saturated carbocycles. The van der Waals surface area contributed by atoms with Gasteiger partial charge in [-0.15, -0.1) is 0 Å². The van der Waals surface area contributed by atoms with Gasteiger partial charge >= 0.3 is 5.97 Å². The van der Waals surface area contributed by atoms with Crippen LogP contribution in [0.2, 0.25) is 10.0 Å². The number of anilines is 1. The molecule has 0 aliphatic heterocycles. The van der Waals surface area contributed by atoms with E-state index in [1.165, 1.54) is 6.26 Å². The van der Waals surface area contributed by atoms with E-state index in [-0.39, 0.29) is 40.3 Å². The summed E-state index contributed by atoms with van der Waals surface area (Å²) >= 11 is 12.3. The molecule has 2 amide bonds. The summed E-state index contributed by atoms with van der Waals surface area (Å²) in [7, 11) is -3.06. The third-order valence-electron chi connectivity index (χ3n) is 7.18. The van der Waals surface area contributed by atoms with Gasteiger partial charge in [0.25, 0.3) is 5.91 Å². The van der Waals surface area contributed by atoms with Crippen molar-refractivity contribution in [3.05, 3.63) is 63.6 Å². The van der Waals surface area contributed by atoms with Gasteiger partial charge in [0.05, 0.1) is 22.2 Å². The first-order chi connectivity index (χ1) is 18.9. The molecule has 1 aliphatic rings. The number of sulfone groups is 1. The minimum Gasteiger partial charge on any atom is -0.464 e. The van der Waals surface area contributed by atoms with Gasteiger partial charge in [0.1, 0.15) is 15.9 Å². The Balaban J connectivity index is 1.68. The second kappa shape index (κ2) is 14.3. The van der Waals surface area contributed by atoms with Crippen LogP contribution < -0.4 is 10.6 Å². The first-order valence-corrected chi connectivity index (χ1v) is 16.3. The van der Waals surface area contributed by atoms with Crippen molar-refractivity contribution in [3.8, 4) is 0 Å². The SMILES string of the molecule is CCOC(=O)C(Cc1ccc(NC(=O)c2c(Cl)cccc2Cl)cc1)NC(=O)C1(CCCCS(C)(=O)=O)CCCC1. The second-order valence-electron chi connectivity index (χ2n) is 10.3. The predicted molar refractivity (Wildman–Crippen MR) is 158 cm³/mol. The minimum atomic E-state index is -3.06. The highest BCUT2D eigenvalue weighted by Crippen LogP contribution is 2.42. The van der Waals surface area contributed by atoms with Crippen LogP contribution in [0.25, 0.3) is 0 Å². The molecular formula is C29H36Cl2N2O6S. The maximum atomic E-state index is 13.5. The Kier molecular flexibility index (Phi) is 11.4. The Morgan fingerprint density at radius 3 is 2.20 bits per heavy atom. The molecule has 0 bridgehead atoms. The van der Waals surface area contributed by atoms with Crippen LogP contribution >= 0.6 is 23.2 Å². The zero-order valence-corrected chi connectivity index (χ0v) is 25.1. The lowest BCUT2D eigenvalue weighted by molar-refractivity contribution is -0.148. The zero-order valence-electron chi connectivity index (χ0n) is 22.8. The summed E-state index contributed by atoms with van der Waals surface area (Å²) in [4.78, 5) is 39.0. The Morgan fingerprint density at radius 1 is 1.00 bits per heavy atom. The molecule has 1 aliphatic carbocycles. The Morgan fingerprint density at radius 2 is 1.62 bits per heavy atom. The molecule has 0 heterocycles. The van der Waals surface area contributed by atoms with Gasteiger partial charge in [0.2, 0.25) is 5.91 Å². The van der Waals surface area contributed by atoms with Crippen LogP contribution in [-0.4, -0.2) is 50.9 Å². The van der Waals surface area contributed by atoms with Crippen LogP contribution in [-0.2, 0) is 30.6 Å². The van der Waals surface area contributed by atoms with Crippen LogP contribution in [0.3, 0.4) is 0 Å². The number of unbranched alkanes of at least 4 members (excludes halogenated alkanes) is 1. The number of halogens is 2. The maximum absolute atomic E-state index is 13.5. The topological polar surface area (TPSA) is 119 Å². The van der Waals surface area contributed by atoms with Gasteiger partial charge in [0, 0.05) is 29.5 Å². The highest BCUT2D eigenvalue weighted by molar-refractivity contribution is 7.90. The van der Waals surface area contributed by atoms with Gasteiger partial charge in [-0.3, -0.25) is 9.59 Å². The Bertz CT molecular complexity index is 1290. The van der Waals surface area contributed by atoms with Crippen LogP contribution in [0.15, 0.2) is 42.5 Å². The molecule has 218 valence electrons. The summed E-state index contributed by atoms with van der Waals surface area (Å²) in [6, 6.07) is 10.9. The lowest BCUT2D eigenvalue weighted by Crippen LogP contribution is -2.49. The number of nitrogens with one attached hydrogen (secondary N) is 2. The number of esters is 1. The molecule has 11 heteroatoms. The van der Waals surface area contributed by atoms with E-state index in [0.717, 1.165) is 18.4 Å². The van der Waals surface area contributed by atoms with Gasteiger partial charge in [-0.2, -0.15) is 0 Å². The zero-order chi connectivity index (χ0) is 29.3. The summed E-state index contributed by atoms with van der Waals surface area (Å²) in [6.45, 7) is 1.89. The van der Waals surface area contributed by atoms with Crippen molar-refractivity contribution in [2.45, 2.75) is 64.3 Å². The van der Waals surface area contributed by atoms with E-state index >= 15 is 0 Å². The monoisotopic (exact) mass is 610 g/mol. The van der Waals surface area contributed by atoms with Gasteiger partial charge in [0.15, 0.2) is 0 Å². The molecular weight excluding hydrogens is 575 g/mol. The van der Waals surface area contributed by atoms with Gasteiger partial charge < -0.3 is 15.4 Å². The average Bonchev–Trinajstić information content (AvgIpc) is 3.37. The average molecular weight is 612 g/mol. The fraction of sp³-hybridized carbons (Fsp3) is 0.483. The lowest BCUT2D eigenvalue weighted by Gasteiger charge is -2.30. The van der Waals surface area contributed by atoms with Crippen LogP contribution in [0.4, 0.5) is 5.69 Å². The van der Waals surface area contributed by atoms with Crippen molar-refractivity contribution in [1.29, 1.82) is 0 Å². The normalized spacial score (nSPS) is 15.3. The summed E-state index contributed by atoms with van der Waals surface area (Å²) in [5.74, 6) is -1.06. The number of carbonyl (C=O) groups excluding carboxylic acids is 3. The minimum absolute atomic E-state index is 0.0953. The highest BCUT2D eigenvalue weighted by Gasteiger charge is 2.42. The number of hydrogen-bond acceptors (Lipinski definition) is 6. The molecule has 0 aromatic heterocycles. The quantitative estimate of drug-likeness (QED) is 0.225. The van der Waals surface area contributed by atoms with Crippen molar-refractivity contribution in [2.75, 3.05) is 23.9 Å². The van der Waals surface area contributed by atoms with Crippen LogP contribution in [0.1, 0.15) is 67.8 Å². The maximum Gasteiger partial charge on any atom is 0.328 e. The molecule has 2 aromatic carbocycles. The van der Waals surface area contributed by atoms with Gasteiger partial charge in [-0.25, -0.2) is 13.2 Å². The Hall–Kier alpha value is -2.62. The van der Waals surface area contributed by atoms with Crippen molar-refractivity contribution in [1.82, 2.24) is 5.32 Å². The number of ether oxygens (including phenoxy) is 1.